The molecule has 7 heteroatoms. The molecule has 2 rings (SSSR count). The van der Waals surface area contributed by atoms with E-state index in [1.54, 1.807) is 6.33 Å². The van der Waals surface area contributed by atoms with Gasteiger partial charge < -0.3 is 15.6 Å². The largest absolute Gasteiger partial charge is 0.394 e. The molecule has 7 nitrogen and oxygen atoms in total. The van der Waals surface area contributed by atoms with Gasteiger partial charge in [-0.15, -0.1) is 0 Å². The number of unbranched alkanes of at least 4 members (excludes halogenated alkanes) is 4. The molecule has 122 valence electrons. The van der Waals surface area contributed by atoms with E-state index in [4.69, 9.17) is 15.6 Å². The highest BCUT2D eigenvalue weighted by molar-refractivity contribution is 5.81. The van der Waals surface area contributed by atoms with E-state index in [1.165, 1.54) is 32.0 Å². The van der Waals surface area contributed by atoms with Crippen LogP contribution in [-0.4, -0.2) is 37.8 Å². The summed E-state index contributed by atoms with van der Waals surface area (Å²) in [6, 6.07) is 0. The van der Waals surface area contributed by atoms with Crippen LogP contribution in [0.4, 0.5) is 5.82 Å². The molecule has 2 aromatic heterocycles. The monoisotopic (exact) mass is 307 g/mol. The quantitative estimate of drug-likeness (QED) is 0.653. The Morgan fingerprint density at radius 3 is 2.82 bits per heavy atom. The lowest BCUT2D eigenvalue weighted by Gasteiger charge is -2.19. The summed E-state index contributed by atoms with van der Waals surface area (Å²) in [6.07, 6.45) is 9.76. The van der Waals surface area contributed by atoms with E-state index in [9.17, 15) is 0 Å². The van der Waals surface area contributed by atoms with Crippen LogP contribution >= 0.6 is 0 Å². The van der Waals surface area contributed by atoms with Gasteiger partial charge in [0.25, 0.3) is 0 Å². The Labute approximate surface area is 130 Å². The van der Waals surface area contributed by atoms with Crippen molar-refractivity contribution in [2.24, 2.45) is 0 Å². The second kappa shape index (κ2) is 8.65. The fraction of sp³-hybridized carbons (Fsp3) is 0.667. The molecule has 0 radical (unpaired) electrons. The van der Waals surface area contributed by atoms with E-state index in [2.05, 4.69) is 21.9 Å². The fourth-order valence-electron chi connectivity index (χ4n) is 2.49. The third kappa shape index (κ3) is 4.14. The molecule has 2 aromatic rings. The Balaban J connectivity index is 2.07. The van der Waals surface area contributed by atoms with E-state index in [1.807, 2.05) is 4.57 Å². The van der Waals surface area contributed by atoms with Crippen LogP contribution in [0.15, 0.2) is 12.7 Å². The summed E-state index contributed by atoms with van der Waals surface area (Å²) in [6.45, 7) is 2.49. The molecule has 0 saturated heterocycles. The maximum atomic E-state index is 9.02. The van der Waals surface area contributed by atoms with Gasteiger partial charge in [-0.05, 0) is 12.8 Å². The molecule has 0 fully saturated rings. The lowest BCUT2D eigenvalue weighted by Crippen LogP contribution is -2.15. The summed E-state index contributed by atoms with van der Waals surface area (Å²) < 4.78 is 7.64. The van der Waals surface area contributed by atoms with Crippen molar-refractivity contribution in [1.82, 2.24) is 19.5 Å². The molecular weight excluding hydrogens is 282 g/mol. The first kappa shape index (κ1) is 16.6. The van der Waals surface area contributed by atoms with Crippen molar-refractivity contribution in [1.29, 1.82) is 0 Å². The van der Waals surface area contributed by atoms with E-state index in [0.29, 0.717) is 23.6 Å². The number of hydrogen-bond donors (Lipinski definition) is 2. The van der Waals surface area contributed by atoms with E-state index < -0.39 is 0 Å². The SMILES string of the molecule is CCCCCCCC(OCCO)n1cnc2c(N)ncnc21. The Hall–Kier alpha value is -1.73. The molecule has 1 atom stereocenters. The van der Waals surface area contributed by atoms with Gasteiger partial charge in [-0.3, -0.25) is 4.57 Å². The van der Waals surface area contributed by atoms with E-state index in [0.717, 1.165) is 12.8 Å². The number of nitrogen functional groups attached to an aromatic ring is 1. The zero-order valence-electron chi connectivity index (χ0n) is 13.1. The van der Waals surface area contributed by atoms with Crippen molar-refractivity contribution < 1.29 is 9.84 Å². The van der Waals surface area contributed by atoms with Crippen LogP contribution in [0.1, 0.15) is 51.7 Å². The average molecular weight is 307 g/mol. The molecule has 0 spiro atoms. The second-order valence-corrected chi connectivity index (χ2v) is 5.33. The summed E-state index contributed by atoms with van der Waals surface area (Å²) in [5.41, 5.74) is 7.08. The summed E-state index contributed by atoms with van der Waals surface area (Å²) >= 11 is 0. The van der Waals surface area contributed by atoms with Crippen LogP contribution in [0.25, 0.3) is 11.2 Å². The number of fused-ring (bicyclic) bond motifs is 1. The third-order valence-corrected chi connectivity index (χ3v) is 3.65. The number of ether oxygens (including phenoxy) is 1. The van der Waals surface area contributed by atoms with Crippen LogP contribution in [0.3, 0.4) is 0 Å². The first-order chi connectivity index (χ1) is 10.8. The fourth-order valence-corrected chi connectivity index (χ4v) is 2.49. The van der Waals surface area contributed by atoms with Gasteiger partial charge in [0.1, 0.15) is 18.1 Å². The molecular formula is C15H25N5O2. The maximum absolute atomic E-state index is 9.02. The summed E-state index contributed by atoms with van der Waals surface area (Å²) in [4.78, 5) is 12.5. The summed E-state index contributed by atoms with van der Waals surface area (Å²) in [5.74, 6) is 0.368. The summed E-state index contributed by atoms with van der Waals surface area (Å²) in [7, 11) is 0. The highest BCUT2D eigenvalue weighted by atomic mass is 16.5. The van der Waals surface area contributed by atoms with Crippen molar-refractivity contribution >= 4 is 17.0 Å². The number of imidazole rings is 1. The molecule has 3 N–H and O–H groups in total. The standard InChI is InChI=1S/C15H25N5O2/c1-2-3-4-5-6-7-12(22-9-8-21)20-11-19-13-14(16)17-10-18-15(13)20/h10-12,21H,2-9H2,1H3,(H2,16,17,18). The summed E-state index contributed by atoms with van der Waals surface area (Å²) in [5, 5.41) is 9.02. The predicted molar refractivity (Wildman–Crippen MR) is 85.2 cm³/mol. The molecule has 0 bridgehead atoms. The van der Waals surface area contributed by atoms with Crippen LogP contribution < -0.4 is 5.73 Å². The molecule has 0 aliphatic heterocycles. The number of aliphatic hydroxyl groups is 1. The Morgan fingerprint density at radius 1 is 1.23 bits per heavy atom. The molecule has 0 aromatic carbocycles. The van der Waals surface area contributed by atoms with Crippen molar-refractivity contribution in [2.45, 2.75) is 51.7 Å². The maximum Gasteiger partial charge on any atom is 0.167 e. The first-order valence-electron chi connectivity index (χ1n) is 7.93. The van der Waals surface area contributed by atoms with Crippen LogP contribution in [-0.2, 0) is 4.74 Å². The Bertz CT molecular complexity index is 572. The van der Waals surface area contributed by atoms with Crippen LogP contribution in [0.5, 0.6) is 0 Å². The Morgan fingerprint density at radius 2 is 2.05 bits per heavy atom. The van der Waals surface area contributed by atoms with Gasteiger partial charge >= 0.3 is 0 Å². The minimum Gasteiger partial charge on any atom is -0.394 e. The molecule has 1 unspecified atom stereocenters. The van der Waals surface area contributed by atoms with Gasteiger partial charge in [0.2, 0.25) is 0 Å². The highest BCUT2D eigenvalue weighted by Crippen LogP contribution is 2.23. The normalized spacial score (nSPS) is 12.8. The van der Waals surface area contributed by atoms with Gasteiger partial charge in [0.05, 0.1) is 19.5 Å². The molecule has 0 saturated carbocycles. The van der Waals surface area contributed by atoms with Gasteiger partial charge in [-0.1, -0.05) is 32.6 Å². The topological polar surface area (TPSA) is 99.1 Å². The van der Waals surface area contributed by atoms with Gasteiger partial charge in [0, 0.05) is 0 Å². The van der Waals surface area contributed by atoms with Crippen LogP contribution in [0.2, 0.25) is 0 Å². The van der Waals surface area contributed by atoms with Gasteiger partial charge in [0.15, 0.2) is 11.5 Å². The minimum absolute atomic E-state index is 0.00388. The predicted octanol–water partition coefficient (Wildman–Crippen LogP) is 2.28. The van der Waals surface area contributed by atoms with Crippen molar-refractivity contribution in [3.63, 3.8) is 0 Å². The highest BCUT2D eigenvalue weighted by Gasteiger charge is 2.16. The molecule has 0 aliphatic rings. The number of rotatable bonds is 10. The van der Waals surface area contributed by atoms with E-state index in [-0.39, 0.29) is 12.8 Å². The number of hydrogen-bond acceptors (Lipinski definition) is 6. The van der Waals surface area contributed by atoms with Crippen molar-refractivity contribution in [3.05, 3.63) is 12.7 Å². The molecule has 0 aliphatic carbocycles. The average Bonchev–Trinajstić information content (AvgIpc) is 2.95. The lowest BCUT2D eigenvalue weighted by atomic mass is 10.1. The number of nitrogens with two attached hydrogens (primary N) is 1. The van der Waals surface area contributed by atoms with Crippen molar-refractivity contribution in [3.8, 4) is 0 Å². The Kier molecular flexibility index (Phi) is 6.54. The van der Waals surface area contributed by atoms with Gasteiger partial charge in [-0.25, -0.2) is 15.0 Å². The number of aliphatic hydroxyl groups excluding tert-OH is 1. The lowest BCUT2D eigenvalue weighted by molar-refractivity contribution is -0.0194. The van der Waals surface area contributed by atoms with Crippen LogP contribution in [0, 0.1) is 0 Å². The van der Waals surface area contributed by atoms with E-state index >= 15 is 0 Å². The zero-order valence-corrected chi connectivity index (χ0v) is 13.1. The number of nitrogens with zero attached hydrogens (tertiary/aromatic N) is 4. The second-order valence-electron chi connectivity index (χ2n) is 5.33. The molecule has 0 amide bonds. The zero-order chi connectivity index (χ0) is 15.8. The molecule has 2 heterocycles. The minimum atomic E-state index is -0.187. The molecule has 22 heavy (non-hydrogen) atoms. The first-order valence-corrected chi connectivity index (χ1v) is 7.93. The number of aromatic nitrogens is 4. The van der Waals surface area contributed by atoms with Gasteiger partial charge in [-0.2, -0.15) is 0 Å². The third-order valence-electron chi connectivity index (χ3n) is 3.65. The smallest absolute Gasteiger partial charge is 0.167 e. The number of anilines is 1. The van der Waals surface area contributed by atoms with Crippen molar-refractivity contribution in [2.75, 3.05) is 18.9 Å².